The van der Waals surface area contributed by atoms with Crippen LogP contribution in [0.3, 0.4) is 0 Å². The maximum Gasteiger partial charge on any atom is 0.324 e. The molecule has 2 N–H and O–H groups in total. The molecule has 1 rings (SSSR count). The number of amides is 3. The van der Waals surface area contributed by atoms with Gasteiger partial charge >= 0.3 is 6.03 Å². The monoisotopic (exact) mass is 186 g/mol. The molecule has 1 fully saturated rings. The minimum absolute atomic E-state index is 0.105. The van der Waals surface area contributed by atoms with E-state index in [1.165, 1.54) is 4.90 Å². The number of nitrogens with one attached hydrogen (secondary N) is 1. The summed E-state index contributed by atoms with van der Waals surface area (Å²) < 4.78 is 0. The first-order valence-corrected chi connectivity index (χ1v) is 4.37. The molecule has 0 radical (unpaired) electrons. The highest BCUT2D eigenvalue weighted by Gasteiger charge is 2.27. The largest absolute Gasteiger partial charge is 0.393 e. The number of carbonyl (C=O) groups is 2. The Hall–Kier alpha value is -1.10. The Bertz CT molecular complexity index is 199. The van der Waals surface area contributed by atoms with Crippen LogP contribution >= 0.6 is 0 Å². The molecule has 0 bridgehead atoms. The fourth-order valence-electron chi connectivity index (χ4n) is 1.23. The van der Waals surface area contributed by atoms with Crippen LogP contribution in [-0.2, 0) is 4.79 Å². The van der Waals surface area contributed by atoms with Gasteiger partial charge in [0.1, 0.15) is 0 Å². The molecule has 74 valence electrons. The maximum atomic E-state index is 11.0. The van der Waals surface area contributed by atoms with E-state index in [2.05, 4.69) is 5.32 Å². The van der Waals surface area contributed by atoms with Gasteiger partial charge in [-0.1, -0.05) is 0 Å². The molecule has 3 amide bonds. The smallest absolute Gasteiger partial charge is 0.324 e. The second-order valence-corrected chi connectivity index (χ2v) is 3.20. The fraction of sp³-hybridized carbons (Fsp3) is 0.750. The summed E-state index contributed by atoms with van der Waals surface area (Å²) in [4.78, 5) is 23.2. The molecular weight excluding hydrogens is 172 g/mol. The molecule has 5 nitrogen and oxygen atoms in total. The van der Waals surface area contributed by atoms with E-state index < -0.39 is 0 Å². The molecule has 0 aliphatic carbocycles. The highest BCUT2D eigenvalue weighted by Crippen LogP contribution is 2.03. The van der Waals surface area contributed by atoms with Crippen LogP contribution in [-0.4, -0.2) is 41.1 Å². The average molecular weight is 186 g/mol. The second kappa shape index (κ2) is 4.23. The van der Waals surface area contributed by atoms with Crippen molar-refractivity contribution in [1.82, 2.24) is 10.2 Å². The molecule has 1 aliphatic rings. The maximum absolute atomic E-state index is 11.0. The van der Waals surface area contributed by atoms with E-state index in [0.29, 0.717) is 19.4 Å². The van der Waals surface area contributed by atoms with Crippen LogP contribution in [0, 0.1) is 0 Å². The van der Waals surface area contributed by atoms with Crippen LogP contribution in [0.5, 0.6) is 0 Å². The van der Waals surface area contributed by atoms with Crippen LogP contribution in [0.4, 0.5) is 4.79 Å². The van der Waals surface area contributed by atoms with Gasteiger partial charge in [0.2, 0.25) is 5.91 Å². The molecular formula is C8H14N2O3. The van der Waals surface area contributed by atoms with Crippen LogP contribution < -0.4 is 5.32 Å². The molecule has 5 heteroatoms. The molecule has 0 aromatic heterocycles. The van der Waals surface area contributed by atoms with E-state index in [4.69, 9.17) is 5.11 Å². The van der Waals surface area contributed by atoms with Crippen molar-refractivity contribution in [3.05, 3.63) is 0 Å². The molecule has 0 aromatic rings. The van der Waals surface area contributed by atoms with Gasteiger partial charge in [-0.2, -0.15) is 0 Å². The molecule has 0 saturated carbocycles. The van der Waals surface area contributed by atoms with Crippen molar-refractivity contribution < 1.29 is 14.7 Å². The molecule has 1 saturated heterocycles. The lowest BCUT2D eigenvalue weighted by Gasteiger charge is -2.12. The summed E-state index contributed by atoms with van der Waals surface area (Å²) in [6.07, 6.45) is 0.884. The van der Waals surface area contributed by atoms with Gasteiger partial charge in [0.25, 0.3) is 0 Å². The normalized spacial score (nSPS) is 19.1. The van der Waals surface area contributed by atoms with Gasteiger partial charge in [0.15, 0.2) is 0 Å². The van der Waals surface area contributed by atoms with Crippen molar-refractivity contribution in [2.24, 2.45) is 0 Å². The summed E-state index contributed by atoms with van der Waals surface area (Å²) in [7, 11) is 0. The standard InChI is InChI=1S/C8H14N2O3/c1-6(11)3-2-4-10-7(12)5-9-8(10)13/h6,11H,2-5H2,1H3,(H,9,13). The highest BCUT2D eigenvalue weighted by atomic mass is 16.3. The van der Waals surface area contributed by atoms with Gasteiger partial charge in [-0.3, -0.25) is 9.69 Å². The van der Waals surface area contributed by atoms with E-state index in [-0.39, 0.29) is 24.6 Å². The lowest BCUT2D eigenvalue weighted by molar-refractivity contribution is -0.125. The van der Waals surface area contributed by atoms with Gasteiger partial charge in [-0.25, -0.2) is 4.79 Å². The van der Waals surface area contributed by atoms with Crippen molar-refractivity contribution in [2.45, 2.75) is 25.9 Å². The number of carbonyl (C=O) groups excluding carboxylic acids is 2. The Morgan fingerprint density at radius 2 is 2.31 bits per heavy atom. The minimum Gasteiger partial charge on any atom is -0.393 e. The first-order valence-electron chi connectivity index (χ1n) is 4.37. The predicted octanol–water partition coefficient (Wildman–Crippen LogP) is -0.301. The number of rotatable bonds is 4. The number of aliphatic hydroxyl groups excluding tert-OH is 1. The van der Waals surface area contributed by atoms with E-state index in [9.17, 15) is 9.59 Å². The van der Waals surface area contributed by atoms with Crippen LogP contribution in [0.2, 0.25) is 0 Å². The zero-order valence-corrected chi connectivity index (χ0v) is 7.62. The topological polar surface area (TPSA) is 69.6 Å². The second-order valence-electron chi connectivity index (χ2n) is 3.20. The molecule has 0 spiro atoms. The summed E-state index contributed by atoms with van der Waals surface area (Å²) in [5, 5.41) is 11.4. The van der Waals surface area contributed by atoms with E-state index >= 15 is 0 Å². The molecule has 13 heavy (non-hydrogen) atoms. The summed E-state index contributed by atoms with van der Waals surface area (Å²) in [6.45, 7) is 2.19. The number of nitrogens with zero attached hydrogens (tertiary/aromatic N) is 1. The Morgan fingerprint density at radius 1 is 1.62 bits per heavy atom. The Morgan fingerprint density at radius 3 is 2.77 bits per heavy atom. The zero-order chi connectivity index (χ0) is 9.84. The SMILES string of the molecule is CC(O)CCCN1C(=O)CNC1=O. The lowest BCUT2D eigenvalue weighted by Crippen LogP contribution is -2.32. The predicted molar refractivity (Wildman–Crippen MR) is 46.0 cm³/mol. The van der Waals surface area contributed by atoms with Gasteiger partial charge in [0, 0.05) is 6.54 Å². The van der Waals surface area contributed by atoms with Crippen molar-refractivity contribution in [2.75, 3.05) is 13.1 Å². The van der Waals surface area contributed by atoms with Crippen molar-refractivity contribution in [3.63, 3.8) is 0 Å². The van der Waals surface area contributed by atoms with Crippen LogP contribution in [0.15, 0.2) is 0 Å². The van der Waals surface area contributed by atoms with Gasteiger partial charge in [0.05, 0.1) is 12.6 Å². The Balaban J connectivity index is 2.27. The molecule has 1 aliphatic heterocycles. The number of imide groups is 1. The van der Waals surface area contributed by atoms with Crippen molar-refractivity contribution in [3.8, 4) is 0 Å². The van der Waals surface area contributed by atoms with Gasteiger partial charge in [-0.05, 0) is 19.8 Å². The van der Waals surface area contributed by atoms with Crippen LogP contribution in [0.25, 0.3) is 0 Å². The average Bonchev–Trinajstić information content (AvgIpc) is 2.34. The van der Waals surface area contributed by atoms with Crippen LogP contribution in [0.1, 0.15) is 19.8 Å². The van der Waals surface area contributed by atoms with Crippen molar-refractivity contribution >= 4 is 11.9 Å². The third-order valence-electron chi connectivity index (χ3n) is 1.94. The number of hydrogen-bond donors (Lipinski definition) is 2. The summed E-state index contributed by atoms with van der Waals surface area (Å²) in [5.41, 5.74) is 0. The first-order chi connectivity index (χ1) is 6.11. The molecule has 0 aromatic carbocycles. The third-order valence-corrected chi connectivity index (χ3v) is 1.94. The van der Waals surface area contributed by atoms with Gasteiger partial charge in [-0.15, -0.1) is 0 Å². The van der Waals surface area contributed by atoms with Crippen molar-refractivity contribution in [1.29, 1.82) is 0 Å². The van der Waals surface area contributed by atoms with E-state index in [0.717, 1.165) is 0 Å². The molecule has 1 unspecified atom stereocenters. The molecule has 1 atom stereocenters. The highest BCUT2D eigenvalue weighted by molar-refractivity contribution is 6.01. The summed E-state index contributed by atoms with van der Waals surface area (Å²) in [5.74, 6) is -0.185. The van der Waals surface area contributed by atoms with Gasteiger partial charge < -0.3 is 10.4 Å². The fourth-order valence-corrected chi connectivity index (χ4v) is 1.23. The lowest BCUT2D eigenvalue weighted by atomic mass is 10.2. The number of aliphatic hydroxyl groups is 1. The Labute approximate surface area is 76.7 Å². The van der Waals surface area contributed by atoms with E-state index in [1.54, 1.807) is 6.92 Å². The number of hydrogen-bond acceptors (Lipinski definition) is 3. The third kappa shape index (κ3) is 2.69. The molecule has 1 heterocycles. The summed E-state index contributed by atoms with van der Waals surface area (Å²) in [6, 6.07) is -0.324. The first kappa shape index (κ1) is 9.98. The van der Waals surface area contributed by atoms with E-state index in [1.807, 2.05) is 0 Å². The Kier molecular flexibility index (Phi) is 3.25. The quantitative estimate of drug-likeness (QED) is 0.592. The summed E-state index contributed by atoms with van der Waals surface area (Å²) >= 11 is 0. The number of urea groups is 1. The minimum atomic E-state index is -0.374. The zero-order valence-electron chi connectivity index (χ0n) is 7.62.